The minimum absolute atomic E-state index is 0.527. The van der Waals surface area contributed by atoms with Crippen molar-refractivity contribution in [3.05, 3.63) is 0 Å². The van der Waals surface area contributed by atoms with Gasteiger partial charge in [0.25, 0.3) is 0 Å². The van der Waals surface area contributed by atoms with E-state index < -0.39 is 0 Å². The molecule has 0 aromatic heterocycles. The Morgan fingerprint density at radius 3 is 2.19 bits per heavy atom. The maximum Gasteiger partial charge on any atom is 0.0146 e. The second-order valence-electron chi connectivity index (χ2n) is 5.72. The van der Waals surface area contributed by atoms with Gasteiger partial charge in [-0.15, -0.1) is 11.8 Å². The third-order valence-corrected chi connectivity index (χ3v) is 3.20. The van der Waals surface area contributed by atoms with Crippen molar-refractivity contribution in [1.29, 1.82) is 0 Å². The van der Waals surface area contributed by atoms with Crippen LogP contribution in [0.15, 0.2) is 0 Å². The fraction of sp³-hybridized carbons (Fsp3) is 0.867. The Morgan fingerprint density at radius 2 is 1.69 bits per heavy atom. The lowest BCUT2D eigenvalue weighted by molar-refractivity contribution is 0.284. The molecule has 16 heavy (non-hydrogen) atoms. The van der Waals surface area contributed by atoms with Crippen LogP contribution in [-0.4, -0.2) is 12.1 Å². The maximum absolute atomic E-state index is 3.64. The molecule has 0 aliphatic heterocycles. The van der Waals surface area contributed by atoms with Gasteiger partial charge in [0.05, 0.1) is 0 Å². The third-order valence-electron chi connectivity index (χ3n) is 3.20. The van der Waals surface area contributed by atoms with E-state index in [1.54, 1.807) is 0 Å². The van der Waals surface area contributed by atoms with Crippen LogP contribution in [-0.2, 0) is 0 Å². The minimum Gasteiger partial charge on any atom is -0.312 e. The molecule has 92 valence electrons. The van der Waals surface area contributed by atoms with Crippen molar-refractivity contribution in [3.8, 4) is 11.8 Å². The van der Waals surface area contributed by atoms with Crippen LogP contribution in [0.3, 0.4) is 0 Å². The number of rotatable bonds is 3. The van der Waals surface area contributed by atoms with Gasteiger partial charge < -0.3 is 5.32 Å². The minimum atomic E-state index is 0.527. The van der Waals surface area contributed by atoms with Crippen molar-refractivity contribution in [2.75, 3.05) is 0 Å². The smallest absolute Gasteiger partial charge is 0.0146 e. The lowest BCUT2D eigenvalue weighted by Gasteiger charge is -2.29. The Labute approximate surface area is 101 Å². The van der Waals surface area contributed by atoms with Crippen molar-refractivity contribution >= 4 is 0 Å². The van der Waals surface area contributed by atoms with Crippen molar-refractivity contribution in [3.63, 3.8) is 0 Å². The molecular formula is C15H27N. The molecule has 0 saturated heterocycles. The predicted octanol–water partition coefficient (Wildman–Crippen LogP) is 3.59. The molecular weight excluding hydrogens is 194 g/mol. The molecule has 1 aliphatic rings. The molecule has 0 aromatic carbocycles. The maximum atomic E-state index is 3.64. The van der Waals surface area contributed by atoms with Crippen LogP contribution in [0.25, 0.3) is 0 Å². The van der Waals surface area contributed by atoms with Crippen LogP contribution in [0.5, 0.6) is 0 Å². The molecule has 1 saturated carbocycles. The third kappa shape index (κ3) is 5.56. The highest BCUT2D eigenvalue weighted by molar-refractivity contribution is 5.02. The van der Waals surface area contributed by atoms with E-state index in [0.29, 0.717) is 12.0 Å². The van der Waals surface area contributed by atoms with E-state index in [0.717, 1.165) is 18.4 Å². The zero-order valence-electron chi connectivity index (χ0n) is 11.3. The molecule has 0 amide bonds. The van der Waals surface area contributed by atoms with Crippen LogP contribution in [0.4, 0.5) is 0 Å². The highest BCUT2D eigenvalue weighted by atomic mass is 14.9. The molecule has 0 spiro atoms. The summed E-state index contributed by atoms with van der Waals surface area (Å²) in [6, 6.07) is 1.39. The Morgan fingerprint density at radius 1 is 1.06 bits per heavy atom. The van der Waals surface area contributed by atoms with Gasteiger partial charge in [0.2, 0.25) is 0 Å². The quantitative estimate of drug-likeness (QED) is 0.718. The molecule has 1 heteroatoms. The highest BCUT2D eigenvalue weighted by Crippen LogP contribution is 2.26. The molecule has 0 heterocycles. The molecule has 0 unspecified atom stereocenters. The molecule has 1 aliphatic carbocycles. The summed E-state index contributed by atoms with van der Waals surface area (Å²) in [7, 11) is 0. The summed E-state index contributed by atoms with van der Waals surface area (Å²) in [6.45, 7) is 8.80. The average Bonchev–Trinajstić information content (AvgIpc) is 2.19. The van der Waals surface area contributed by atoms with Gasteiger partial charge in [-0.1, -0.05) is 27.7 Å². The number of hydrogen-bond donors (Lipinski definition) is 1. The van der Waals surface area contributed by atoms with Crippen LogP contribution >= 0.6 is 0 Å². The summed E-state index contributed by atoms with van der Waals surface area (Å²) >= 11 is 0. The van der Waals surface area contributed by atoms with Crippen LogP contribution < -0.4 is 5.32 Å². The van der Waals surface area contributed by atoms with Crippen LogP contribution in [0, 0.1) is 23.7 Å². The predicted molar refractivity (Wildman–Crippen MR) is 71.2 cm³/mol. The van der Waals surface area contributed by atoms with E-state index in [1.165, 1.54) is 25.7 Å². The van der Waals surface area contributed by atoms with Gasteiger partial charge in [0.15, 0.2) is 0 Å². The van der Waals surface area contributed by atoms with E-state index >= 15 is 0 Å². The zero-order chi connectivity index (χ0) is 12.0. The summed E-state index contributed by atoms with van der Waals surface area (Å²) in [5, 5.41) is 3.64. The van der Waals surface area contributed by atoms with E-state index in [1.807, 2.05) is 0 Å². The largest absolute Gasteiger partial charge is 0.312 e. The highest BCUT2D eigenvalue weighted by Gasteiger charge is 2.20. The van der Waals surface area contributed by atoms with Crippen molar-refractivity contribution < 1.29 is 0 Å². The first-order valence-corrected chi connectivity index (χ1v) is 6.82. The van der Waals surface area contributed by atoms with Gasteiger partial charge in [0.1, 0.15) is 0 Å². The van der Waals surface area contributed by atoms with Gasteiger partial charge in [-0.05, 0) is 31.6 Å². The fourth-order valence-corrected chi connectivity index (χ4v) is 2.41. The summed E-state index contributed by atoms with van der Waals surface area (Å²) in [4.78, 5) is 0. The summed E-state index contributed by atoms with van der Waals surface area (Å²) in [5.74, 6) is 7.99. The Balaban J connectivity index is 2.20. The summed E-state index contributed by atoms with van der Waals surface area (Å²) in [6.07, 6.45) is 6.51. The summed E-state index contributed by atoms with van der Waals surface area (Å²) < 4.78 is 0. The number of nitrogens with one attached hydrogen (secondary N) is 1. The Kier molecular flexibility index (Phi) is 5.91. The molecule has 0 aromatic rings. The number of hydrogen-bond acceptors (Lipinski definition) is 1. The summed E-state index contributed by atoms with van der Waals surface area (Å²) in [5.41, 5.74) is 0. The molecule has 0 radical (unpaired) electrons. The molecule has 1 nitrogen and oxygen atoms in total. The Bertz CT molecular complexity index is 236. The molecule has 1 N–H and O–H groups in total. The van der Waals surface area contributed by atoms with E-state index in [9.17, 15) is 0 Å². The first-order valence-electron chi connectivity index (χ1n) is 6.82. The zero-order valence-corrected chi connectivity index (χ0v) is 11.3. The van der Waals surface area contributed by atoms with Crippen molar-refractivity contribution in [1.82, 2.24) is 5.32 Å². The topological polar surface area (TPSA) is 12.0 Å². The second kappa shape index (κ2) is 6.97. The molecule has 1 rings (SSSR count). The van der Waals surface area contributed by atoms with Crippen molar-refractivity contribution in [2.24, 2.45) is 11.8 Å². The first-order chi connectivity index (χ1) is 7.58. The van der Waals surface area contributed by atoms with Crippen molar-refractivity contribution in [2.45, 2.75) is 71.9 Å². The van der Waals surface area contributed by atoms with E-state index in [2.05, 4.69) is 44.9 Å². The lowest BCUT2D eigenvalue weighted by atomic mass is 9.84. The average molecular weight is 221 g/mol. The normalized spacial score (nSPS) is 25.6. The van der Waals surface area contributed by atoms with Gasteiger partial charge in [-0.25, -0.2) is 0 Å². The second-order valence-corrected chi connectivity index (χ2v) is 5.72. The van der Waals surface area contributed by atoms with Gasteiger partial charge in [-0.3, -0.25) is 0 Å². The molecule has 0 bridgehead atoms. The van der Waals surface area contributed by atoms with Gasteiger partial charge >= 0.3 is 0 Å². The van der Waals surface area contributed by atoms with E-state index in [4.69, 9.17) is 0 Å². The monoisotopic (exact) mass is 221 g/mol. The molecule has 0 atom stereocenters. The van der Waals surface area contributed by atoms with Crippen LogP contribution in [0.2, 0.25) is 0 Å². The molecule has 1 fully saturated rings. The first kappa shape index (κ1) is 13.6. The van der Waals surface area contributed by atoms with E-state index in [-0.39, 0.29) is 0 Å². The van der Waals surface area contributed by atoms with Crippen LogP contribution in [0.1, 0.15) is 59.8 Å². The standard InChI is InChI=1S/C15H27N/c1-12(2)6-5-7-14-8-10-15(11-9-14)16-13(3)4/h12-16H,7-11H2,1-4H3. The van der Waals surface area contributed by atoms with Gasteiger partial charge in [-0.2, -0.15) is 0 Å². The lowest BCUT2D eigenvalue weighted by Crippen LogP contribution is -2.37. The SMILES string of the molecule is CC(C)C#CCC1CCC(NC(C)C)CC1. The fourth-order valence-electron chi connectivity index (χ4n) is 2.41. The van der Waals surface area contributed by atoms with Gasteiger partial charge in [0, 0.05) is 24.4 Å². The Hall–Kier alpha value is -0.480.